The Hall–Kier alpha value is -1.89. The fourth-order valence-electron chi connectivity index (χ4n) is 2.49. The lowest BCUT2D eigenvalue weighted by molar-refractivity contribution is 0.180. The monoisotopic (exact) mass is 294 g/mol. The molecule has 7 nitrogen and oxygen atoms in total. The van der Waals surface area contributed by atoms with E-state index in [1.54, 1.807) is 31.8 Å². The Kier molecular flexibility index (Phi) is 4.62. The second-order valence-electron chi connectivity index (χ2n) is 5.35. The number of hydrogen-bond donors (Lipinski definition) is 1. The number of aryl methyl sites for hydroxylation is 2. The Bertz CT molecular complexity index is 739. The second-order valence-corrected chi connectivity index (χ2v) is 5.35. The summed E-state index contributed by atoms with van der Waals surface area (Å²) in [5.74, 6) is 0. The lowest BCUT2D eigenvalue weighted by Gasteiger charge is -2.08. The number of aromatic nitrogens is 4. The fraction of sp³-hybridized carbons (Fsp3) is 0.643. The van der Waals surface area contributed by atoms with Gasteiger partial charge in [-0.15, -0.1) is 0 Å². The summed E-state index contributed by atoms with van der Waals surface area (Å²) in [6, 6.07) is 0. The molecule has 2 rings (SSSR count). The van der Waals surface area contributed by atoms with Crippen LogP contribution in [0, 0.1) is 0 Å². The van der Waals surface area contributed by atoms with Crippen LogP contribution < -0.4 is 11.2 Å². The third-order valence-corrected chi connectivity index (χ3v) is 3.69. The Labute approximate surface area is 122 Å². The second kappa shape index (κ2) is 6.26. The van der Waals surface area contributed by atoms with Gasteiger partial charge in [0.15, 0.2) is 11.2 Å². The molecule has 0 aliphatic carbocycles. The first-order valence-electron chi connectivity index (χ1n) is 7.30. The molecule has 0 saturated heterocycles. The maximum Gasteiger partial charge on any atom is 0.332 e. The number of nitrogens with zero attached hydrogens (tertiary/aromatic N) is 4. The van der Waals surface area contributed by atoms with Gasteiger partial charge in [-0.2, -0.15) is 0 Å². The maximum absolute atomic E-state index is 12.4. The maximum atomic E-state index is 12.4. The van der Waals surface area contributed by atoms with Gasteiger partial charge in [0.1, 0.15) is 0 Å². The minimum Gasteiger partial charge on any atom is -0.393 e. The van der Waals surface area contributed by atoms with Gasteiger partial charge < -0.3 is 9.67 Å². The first-order chi connectivity index (χ1) is 9.97. The highest BCUT2D eigenvalue weighted by Gasteiger charge is 2.14. The van der Waals surface area contributed by atoms with Gasteiger partial charge in [-0.3, -0.25) is 13.9 Å². The lowest BCUT2D eigenvalue weighted by Crippen LogP contribution is -2.39. The SMILES string of the molecule is CCn1c(=O)c2c(ncn2CCCCC(C)O)n(C)c1=O. The van der Waals surface area contributed by atoms with Crippen LogP contribution in [0.1, 0.15) is 33.1 Å². The Morgan fingerprint density at radius 3 is 2.67 bits per heavy atom. The van der Waals surface area contributed by atoms with Gasteiger partial charge in [-0.1, -0.05) is 0 Å². The van der Waals surface area contributed by atoms with Crippen molar-refractivity contribution in [2.24, 2.45) is 7.05 Å². The molecule has 0 amide bonds. The molecular formula is C14H22N4O3. The average molecular weight is 294 g/mol. The molecule has 0 aliphatic heterocycles. The molecule has 21 heavy (non-hydrogen) atoms. The van der Waals surface area contributed by atoms with Crippen LogP contribution in [-0.4, -0.2) is 29.9 Å². The minimum atomic E-state index is -0.339. The molecule has 0 fully saturated rings. The highest BCUT2D eigenvalue weighted by molar-refractivity contribution is 5.69. The van der Waals surface area contributed by atoms with Crippen LogP contribution in [0.3, 0.4) is 0 Å². The van der Waals surface area contributed by atoms with Gasteiger partial charge >= 0.3 is 5.69 Å². The predicted molar refractivity (Wildman–Crippen MR) is 80.4 cm³/mol. The molecule has 1 N–H and O–H groups in total. The first-order valence-corrected chi connectivity index (χ1v) is 7.30. The van der Waals surface area contributed by atoms with E-state index in [9.17, 15) is 14.7 Å². The molecule has 0 aliphatic rings. The van der Waals surface area contributed by atoms with Gasteiger partial charge in [0.25, 0.3) is 5.56 Å². The molecule has 0 bridgehead atoms. The van der Waals surface area contributed by atoms with E-state index in [1.165, 1.54) is 9.13 Å². The van der Waals surface area contributed by atoms with Crippen molar-refractivity contribution < 1.29 is 5.11 Å². The topological polar surface area (TPSA) is 82.0 Å². The van der Waals surface area contributed by atoms with Crippen molar-refractivity contribution >= 4 is 11.2 Å². The van der Waals surface area contributed by atoms with Crippen LogP contribution >= 0.6 is 0 Å². The van der Waals surface area contributed by atoms with Crippen molar-refractivity contribution in [1.29, 1.82) is 0 Å². The number of aliphatic hydroxyl groups excluding tert-OH is 1. The summed E-state index contributed by atoms with van der Waals surface area (Å²) in [7, 11) is 1.63. The smallest absolute Gasteiger partial charge is 0.332 e. The summed E-state index contributed by atoms with van der Waals surface area (Å²) in [5, 5.41) is 9.25. The van der Waals surface area contributed by atoms with E-state index >= 15 is 0 Å². The molecule has 0 aromatic carbocycles. The van der Waals surface area contributed by atoms with Crippen LogP contribution in [0.5, 0.6) is 0 Å². The van der Waals surface area contributed by atoms with Crippen molar-refractivity contribution in [2.45, 2.75) is 52.3 Å². The average Bonchev–Trinajstić information content (AvgIpc) is 2.86. The van der Waals surface area contributed by atoms with Gasteiger partial charge in [0.2, 0.25) is 0 Å². The van der Waals surface area contributed by atoms with E-state index in [0.29, 0.717) is 24.3 Å². The van der Waals surface area contributed by atoms with E-state index in [4.69, 9.17) is 0 Å². The van der Waals surface area contributed by atoms with Crippen molar-refractivity contribution in [3.63, 3.8) is 0 Å². The van der Waals surface area contributed by atoms with Crippen molar-refractivity contribution in [1.82, 2.24) is 18.7 Å². The molecule has 0 radical (unpaired) electrons. The number of hydrogen-bond acceptors (Lipinski definition) is 4. The van der Waals surface area contributed by atoms with E-state index < -0.39 is 0 Å². The third kappa shape index (κ3) is 2.92. The lowest BCUT2D eigenvalue weighted by atomic mass is 10.2. The molecule has 2 heterocycles. The number of aliphatic hydroxyl groups is 1. The highest BCUT2D eigenvalue weighted by Crippen LogP contribution is 2.09. The normalized spacial score (nSPS) is 13.0. The highest BCUT2D eigenvalue weighted by atomic mass is 16.3. The standard InChI is InChI=1S/C14H22N4O3/c1-4-18-13(20)11-12(16(3)14(18)21)15-9-17(11)8-6-5-7-10(2)19/h9-10,19H,4-8H2,1-3H3. The zero-order valence-corrected chi connectivity index (χ0v) is 12.7. The van der Waals surface area contributed by atoms with Crippen LogP contribution in [0.4, 0.5) is 0 Å². The molecule has 2 aromatic rings. The molecule has 116 valence electrons. The Balaban J connectivity index is 2.37. The van der Waals surface area contributed by atoms with Gasteiger partial charge in [-0.05, 0) is 33.1 Å². The van der Waals surface area contributed by atoms with Gasteiger partial charge in [0.05, 0.1) is 12.4 Å². The van der Waals surface area contributed by atoms with E-state index in [1.807, 2.05) is 0 Å². The molecule has 1 atom stereocenters. The van der Waals surface area contributed by atoms with E-state index in [0.717, 1.165) is 19.3 Å². The number of fused-ring (bicyclic) bond motifs is 1. The van der Waals surface area contributed by atoms with E-state index in [-0.39, 0.29) is 17.4 Å². The molecule has 0 saturated carbocycles. The summed E-state index contributed by atoms with van der Waals surface area (Å²) < 4.78 is 4.42. The van der Waals surface area contributed by atoms with Crippen molar-refractivity contribution in [2.75, 3.05) is 0 Å². The van der Waals surface area contributed by atoms with Crippen molar-refractivity contribution in [3.8, 4) is 0 Å². The summed E-state index contributed by atoms with van der Waals surface area (Å²) >= 11 is 0. The molecule has 7 heteroatoms. The first kappa shape index (κ1) is 15.5. The van der Waals surface area contributed by atoms with Crippen molar-refractivity contribution in [3.05, 3.63) is 27.2 Å². The van der Waals surface area contributed by atoms with Gasteiger partial charge in [-0.25, -0.2) is 9.78 Å². The fourth-order valence-corrected chi connectivity index (χ4v) is 2.49. The quantitative estimate of drug-likeness (QED) is 0.785. The van der Waals surface area contributed by atoms with Crippen LogP contribution in [0.2, 0.25) is 0 Å². The number of imidazole rings is 1. The Morgan fingerprint density at radius 2 is 2.05 bits per heavy atom. The molecule has 0 spiro atoms. The predicted octanol–water partition coefficient (Wildman–Crippen LogP) is 0.468. The zero-order valence-electron chi connectivity index (χ0n) is 12.7. The number of unbranched alkanes of at least 4 members (excludes halogenated alkanes) is 1. The number of rotatable bonds is 6. The summed E-state index contributed by atoms with van der Waals surface area (Å²) in [6.45, 7) is 4.54. The summed E-state index contributed by atoms with van der Waals surface area (Å²) in [6.07, 6.45) is 3.77. The molecule has 2 aromatic heterocycles. The zero-order chi connectivity index (χ0) is 15.6. The van der Waals surface area contributed by atoms with Crippen LogP contribution in [0.25, 0.3) is 11.2 Å². The van der Waals surface area contributed by atoms with Crippen LogP contribution in [-0.2, 0) is 20.1 Å². The Morgan fingerprint density at radius 1 is 1.33 bits per heavy atom. The van der Waals surface area contributed by atoms with E-state index in [2.05, 4.69) is 4.98 Å². The third-order valence-electron chi connectivity index (χ3n) is 3.69. The summed E-state index contributed by atoms with van der Waals surface area (Å²) in [4.78, 5) is 28.6. The molecular weight excluding hydrogens is 272 g/mol. The van der Waals surface area contributed by atoms with Crippen LogP contribution in [0.15, 0.2) is 15.9 Å². The minimum absolute atomic E-state index is 0.288. The summed E-state index contributed by atoms with van der Waals surface area (Å²) in [5.41, 5.74) is 0.263. The molecule has 1 unspecified atom stereocenters. The van der Waals surface area contributed by atoms with Gasteiger partial charge in [0, 0.05) is 20.1 Å². The largest absolute Gasteiger partial charge is 0.393 e.